The molecule has 0 aliphatic heterocycles. The lowest BCUT2D eigenvalue weighted by Gasteiger charge is -2.05. The summed E-state index contributed by atoms with van der Waals surface area (Å²) in [6.45, 7) is 0. The molecule has 3 nitrogen and oxygen atoms in total. The third-order valence-electron chi connectivity index (χ3n) is 2.61. The van der Waals surface area contributed by atoms with E-state index in [0.29, 0.717) is 10.6 Å². The summed E-state index contributed by atoms with van der Waals surface area (Å²) in [5, 5.41) is 8.75. The first kappa shape index (κ1) is 13.2. The van der Waals surface area contributed by atoms with E-state index in [4.69, 9.17) is 11.0 Å². The molecular formula is C14H11FN2OS. The topological polar surface area (TPSA) is 66.9 Å². The van der Waals surface area contributed by atoms with E-state index in [-0.39, 0.29) is 16.9 Å². The highest BCUT2D eigenvalue weighted by Crippen LogP contribution is 2.18. The van der Waals surface area contributed by atoms with Gasteiger partial charge in [0.25, 0.3) is 0 Å². The van der Waals surface area contributed by atoms with Crippen LogP contribution in [0.5, 0.6) is 0 Å². The second-order valence-corrected chi connectivity index (χ2v) is 5.40. The van der Waals surface area contributed by atoms with E-state index in [1.807, 2.05) is 0 Å². The van der Waals surface area contributed by atoms with Crippen molar-refractivity contribution in [2.24, 2.45) is 0 Å². The summed E-state index contributed by atoms with van der Waals surface area (Å²) in [6.07, 6.45) is 0. The summed E-state index contributed by atoms with van der Waals surface area (Å²) in [7, 11) is -1.39. The van der Waals surface area contributed by atoms with Gasteiger partial charge in [-0.1, -0.05) is 18.2 Å². The zero-order chi connectivity index (χ0) is 13.8. The number of hydrogen-bond acceptors (Lipinski definition) is 3. The Morgan fingerprint density at radius 2 is 2.00 bits per heavy atom. The van der Waals surface area contributed by atoms with Crippen LogP contribution in [0.3, 0.4) is 0 Å². The van der Waals surface area contributed by atoms with Crippen molar-refractivity contribution >= 4 is 16.5 Å². The molecule has 2 N–H and O–H groups in total. The Labute approximate surface area is 112 Å². The third-order valence-corrected chi connectivity index (χ3v) is 3.96. The average Bonchev–Trinajstić information content (AvgIpc) is 2.41. The van der Waals surface area contributed by atoms with Crippen LogP contribution < -0.4 is 5.73 Å². The molecule has 0 spiro atoms. The smallest absolute Gasteiger partial charge is 0.145 e. The van der Waals surface area contributed by atoms with E-state index in [9.17, 15) is 8.60 Å². The molecule has 2 aromatic rings. The number of nitrogen functional groups attached to an aromatic ring is 1. The molecule has 2 aromatic carbocycles. The van der Waals surface area contributed by atoms with Gasteiger partial charge in [0, 0.05) is 16.1 Å². The van der Waals surface area contributed by atoms with Gasteiger partial charge in [0.15, 0.2) is 0 Å². The number of nitrogens with two attached hydrogens (primary N) is 1. The molecule has 0 bridgehead atoms. The van der Waals surface area contributed by atoms with Crippen LogP contribution in [-0.4, -0.2) is 4.21 Å². The maximum absolute atomic E-state index is 13.8. The summed E-state index contributed by atoms with van der Waals surface area (Å²) in [5.41, 5.74) is 6.35. The predicted octanol–water partition coefficient (Wildman–Crippen LogP) is 2.59. The summed E-state index contributed by atoms with van der Waals surface area (Å²) in [4.78, 5) is 0.543. The molecule has 0 aromatic heterocycles. The number of halogens is 1. The molecule has 96 valence electrons. The van der Waals surface area contributed by atoms with Gasteiger partial charge in [0.1, 0.15) is 11.9 Å². The maximum Gasteiger partial charge on any atom is 0.145 e. The van der Waals surface area contributed by atoms with Crippen molar-refractivity contribution in [1.29, 1.82) is 5.26 Å². The van der Waals surface area contributed by atoms with E-state index in [1.165, 1.54) is 12.1 Å². The summed E-state index contributed by atoms with van der Waals surface area (Å²) in [5.74, 6) is -0.590. The fourth-order valence-corrected chi connectivity index (χ4v) is 2.83. The third kappa shape index (κ3) is 2.98. The number of rotatable bonds is 3. The Morgan fingerprint density at radius 1 is 1.26 bits per heavy atom. The lowest BCUT2D eigenvalue weighted by atomic mass is 10.1. The van der Waals surface area contributed by atoms with Crippen molar-refractivity contribution in [3.05, 3.63) is 59.4 Å². The first-order valence-electron chi connectivity index (χ1n) is 5.53. The van der Waals surface area contributed by atoms with Crippen LogP contribution in [-0.2, 0) is 16.6 Å². The van der Waals surface area contributed by atoms with Crippen LogP contribution in [0.1, 0.15) is 11.1 Å². The molecular weight excluding hydrogens is 263 g/mol. The Hall–Kier alpha value is -2.19. The molecule has 0 radical (unpaired) electrons. The van der Waals surface area contributed by atoms with Crippen molar-refractivity contribution < 1.29 is 8.60 Å². The van der Waals surface area contributed by atoms with Gasteiger partial charge in [0.05, 0.1) is 22.1 Å². The Kier molecular flexibility index (Phi) is 3.93. The molecule has 0 heterocycles. The molecule has 0 fully saturated rings. The Balaban J connectivity index is 2.27. The minimum absolute atomic E-state index is 0.0187. The highest BCUT2D eigenvalue weighted by molar-refractivity contribution is 7.84. The SMILES string of the molecule is N#Cc1cccc(CS(=O)c2cccc(N)c2)c1F. The fraction of sp³-hybridized carbons (Fsp3) is 0.0714. The molecule has 1 unspecified atom stereocenters. The molecule has 0 saturated heterocycles. The number of benzene rings is 2. The summed E-state index contributed by atoms with van der Waals surface area (Å²) in [6, 6.07) is 12.9. The monoisotopic (exact) mass is 274 g/mol. The highest BCUT2D eigenvalue weighted by atomic mass is 32.2. The lowest BCUT2D eigenvalue weighted by Crippen LogP contribution is -2.01. The predicted molar refractivity (Wildman–Crippen MR) is 72.1 cm³/mol. The van der Waals surface area contributed by atoms with E-state index >= 15 is 0 Å². The van der Waals surface area contributed by atoms with Crippen molar-refractivity contribution in [3.63, 3.8) is 0 Å². The Morgan fingerprint density at radius 3 is 2.68 bits per heavy atom. The number of hydrogen-bond donors (Lipinski definition) is 1. The first-order chi connectivity index (χ1) is 9.11. The average molecular weight is 274 g/mol. The molecule has 2 rings (SSSR count). The van der Waals surface area contributed by atoms with Crippen LogP contribution in [0.25, 0.3) is 0 Å². The van der Waals surface area contributed by atoms with Crippen LogP contribution >= 0.6 is 0 Å². The van der Waals surface area contributed by atoms with Crippen molar-refractivity contribution in [1.82, 2.24) is 0 Å². The standard InChI is InChI=1S/C14H11FN2OS/c15-14-10(8-16)3-1-4-11(14)9-19(18)13-6-2-5-12(17)7-13/h1-7H,9,17H2. The molecule has 19 heavy (non-hydrogen) atoms. The number of anilines is 1. The van der Waals surface area contributed by atoms with Gasteiger partial charge >= 0.3 is 0 Å². The molecule has 0 aliphatic carbocycles. The fourth-order valence-electron chi connectivity index (χ4n) is 1.66. The van der Waals surface area contributed by atoms with Gasteiger partial charge in [-0.3, -0.25) is 4.21 Å². The van der Waals surface area contributed by atoms with Gasteiger partial charge in [0.2, 0.25) is 0 Å². The number of nitriles is 1. The van der Waals surface area contributed by atoms with E-state index in [2.05, 4.69) is 0 Å². The molecule has 1 atom stereocenters. The summed E-state index contributed by atoms with van der Waals surface area (Å²) >= 11 is 0. The zero-order valence-corrected chi connectivity index (χ0v) is 10.8. The minimum Gasteiger partial charge on any atom is -0.399 e. The molecule has 0 amide bonds. The molecule has 5 heteroatoms. The van der Waals surface area contributed by atoms with Gasteiger partial charge < -0.3 is 5.73 Å². The first-order valence-corrected chi connectivity index (χ1v) is 6.85. The van der Waals surface area contributed by atoms with Crippen molar-refractivity contribution in [2.45, 2.75) is 10.6 Å². The zero-order valence-electron chi connectivity index (χ0n) is 9.97. The highest BCUT2D eigenvalue weighted by Gasteiger charge is 2.12. The van der Waals surface area contributed by atoms with Crippen LogP contribution in [0.15, 0.2) is 47.4 Å². The maximum atomic E-state index is 13.8. The van der Waals surface area contributed by atoms with Gasteiger partial charge in [-0.2, -0.15) is 5.26 Å². The van der Waals surface area contributed by atoms with Crippen molar-refractivity contribution in [3.8, 4) is 6.07 Å². The second kappa shape index (κ2) is 5.63. The van der Waals surface area contributed by atoms with Gasteiger partial charge in [-0.05, 0) is 24.3 Å². The Bertz CT molecular complexity index is 679. The largest absolute Gasteiger partial charge is 0.399 e. The van der Waals surface area contributed by atoms with Gasteiger partial charge in [-0.15, -0.1) is 0 Å². The van der Waals surface area contributed by atoms with Crippen LogP contribution in [0.2, 0.25) is 0 Å². The second-order valence-electron chi connectivity index (χ2n) is 3.95. The minimum atomic E-state index is -1.39. The molecule has 0 aliphatic rings. The van der Waals surface area contributed by atoms with E-state index < -0.39 is 16.6 Å². The van der Waals surface area contributed by atoms with Gasteiger partial charge in [-0.25, -0.2) is 4.39 Å². The lowest BCUT2D eigenvalue weighted by molar-refractivity contribution is 0.611. The summed E-state index contributed by atoms with van der Waals surface area (Å²) < 4.78 is 26.0. The normalized spacial score (nSPS) is 11.8. The molecule has 0 saturated carbocycles. The van der Waals surface area contributed by atoms with E-state index in [0.717, 1.165) is 0 Å². The quantitative estimate of drug-likeness (QED) is 0.875. The number of nitrogens with zero attached hydrogens (tertiary/aromatic N) is 1. The van der Waals surface area contributed by atoms with E-state index in [1.54, 1.807) is 36.4 Å². The van der Waals surface area contributed by atoms with Crippen LogP contribution in [0.4, 0.5) is 10.1 Å². The van der Waals surface area contributed by atoms with Crippen LogP contribution in [0, 0.1) is 17.1 Å². The van der Waals surface area contributed by atoms with Crippen molar-refractivity contribution in [2.75, 3.05) is 5.73 Å².